The van der Waals surface area contributed by atoms with Crippen LogP contribution in [0.3, 0.4) is 0 Å². The summed E-state index contributed by atoms with van der Waals surface area (Å²) < 4.78 is 1.90. The van der Waals surface area contributed by atoms with E-state index in [2.05, 4.69) is 4.98 Å². The lowest BCUT2D eigenvalue weighted by Crippen LogP contribution is -2.49. The largest absolute Gasteiger partial charge is 0.341 e. The van der Waals surface area contributed by atoms with Crippen molar-refractivity contribution in [1.82, 2.24) is 14.5 Å². The van der Waals surface area contributed by atoms with Gasteiger partial charge in [0, 0.05) is 48.3 Å². The van der Waals surface area contributed by atoms with E-state index >= 15 is 0 Å². The van der Waals surface area contributed by atoms with Crippen LogP contribution in [0.15, 0.2) is 58.7 Å². The Morgan fingerprint density at radius 1 is 1.07 bits per heavy atom. The van der Waals surface area contributed by atoms with Crippen molar-refractivity contribution in [3.05, 3.63) is 75.7 Å². The molecule has 4 heterocycles. The second kappa shape index (κ2) is 7.02. The normalized spacial score (nSPS) is 20.6. The lowest BCUT2D eigenvalue weighted by Gasteiger charge is -2.42. The summed E-state index contributed by atoms with van der Waals surface area (Å²) in [5.41, 5.74) is 3.06. The van der Waals surface area contributed by atoms with Gasteiger partial charge in [-0.25, -0.2) is 4.98 Å². The summed E-state index contributed by atoms with van der Waals surface area (Å²) >= 11 is 1.58. The summed E-state index contributed by atoms with van der Waals surface area (Å²) in [6, 6.07) is 15.5. The van der Waals surface area contributed by atoms with E-state index in [4.69, 9.17) is 0 Å². The number of benzene rings is 1. The van der Waals surface area contributed by atoms with Crippen LogP contribution in [0.25, 0.3) is 10.6 Å². The highest BCUT2D eigenvalue weighted by Crippen LogP contribution is 2.35. The van der Waals surface area contributed by atoms with Gasteiger partial charge in [0.2, 0.25) is 5.91 Å². The van der Waals surface area contributed by atoms with E-state index in [1.54, 1.807) is 17.4 Å². The van der Waals surface area contributed by atoms with Crippen LogP contribution in [0.2, 0.25) is 0 Å². The number of hydrogen-bond acceptors (Lipinski definition) is 4. The van der Waals surface area contributed by atoms with E-state index in [1.807, 2.05) is 57.3 Å². The van der Waals surface area contributed by atoms with Crippen molar-refractivity contribution in [1.29, 1.82) is 0 Å². The Kier molecular flexibility index (Phi) is 4.36. The van der Waals surface area contributed by atoms with Gasteiger partial charge in [0.05, 0.1) is 12.1 Å². The fraction of sp³-hybridized carbons (Fsp3) is 0.318. The lowest BCUT2D eigenvalue weighted by molar-refractivity contribution is -0.133. The van der Waals surface area contributed by atoms with Gasteiger partial charge in [-0.1, -0.05) is 36.4 Å². The number of amides is 1. The van der Waals surface area contributed by atoms with Crippen molar-refractivity contribution in [2.45, 2.75) is 25.3 Å². The molecule has 1 fully saturated rings. The molecule has 2 bridgehead atoms. The third kappa shape index (κ3) is 3.18. The first-order valence-electron chi connectivity index (χ1n) is 9.65. The molecule has 2 aromatic heterocycles. The molecule has 0 aliphatic carbocycles. The minimum absolute atomic E-state index is 0.0721. The Labute approximate surface area is 167 Å². The van der Waals surface area contributed by atoms with E-state index in [0.717, 1.165) is 34.9 Å². The summed E-state index contributed by atoms with van der Waals surface area (Å²) in [6.45, 7) is 2.13. The zero-order valence-corrected chi connectivity index (χ0v) is 16.3. The highest BCUT2D eigenvalue weighted by Gasteiger charge is 2.36. The zero-order valence-electron chi connectivity index (χ0n) is 15.5. The number of aromatic nitrogens is 2. The summed E-state index contributed by atoms with van der Waals surface area (Å²) in [5, 5.41) is 2.94. The monoisotopic (exact) mass is 391 g/mol. The van der Waals surface area contributed by atoms with Crippen molar-refractivity contribution in [3.63, 3.8) is 0 Å². The van der Waals surface area contributed by atoms with Gasteiger partial charge in [-0.2, -0.15) is 0 Å². The van der Waals surface area contributed by atoms with Gasteiger partial charge < -0.3 is 9.47 Å². The SMILES string of the molecule is O=C(Cc1csc(-c2ccccc2)n1)N1C[C@@H]2C[C@H](C1)c1cccc(=O)n1C2. The van der Waals surface area contributed by atoms with Crippen molar-refractivity contribution in [2.75, 3.05) is 13.1 Å². The van der Waals surface area contributed by atoms with Crippen LogP contribution in [-0.4, -0.2) is 33.4 Å². The minimum Gasteiger partial charge on any atom is -0.341 e. The van der Waals surface area contributed by atoms with Crippen molar-refractivity contribution in [3.8, 4) is 10.6 Å². The molecule has 1 saturated heterocycles. The summed E-state index contributed by atoms with van der Waals surface area (Å²) in [4.78, 5) is 31.7. The molecule has 1 aromatic carbocycles. The van der Waals surface area contributed by atoms with Crippen LogP contribution in [0, 0.1) is 5.92 Å². The van der Waals surface area contributed by atoms with Crippen LogP contribution < -0.4 is 5.56 Å². The number of fused-ring (bicyclic) bond motifs is 4. The van der Waals surface area contributed by atoms with Gasteiger partial charge in [-0.05, 0) is 18.4 Å². The number of rotatable bonds is 3. The molecule has 5 nitrogen and oxygen atoms in total. The molecule has 0 unspecified atom stereocenters. The average molecular weight is 391 g/mol. The molecule has 28 heavy (non-hydrogen) atoms. The Balaban J connectivity index is 1.31. The van der Waals surface area contributed by atoms with E-state index in [0.29, 0.717) is 25.4 Å². The molecule has 1 amide bonds. The third-order valence-electron chi connectivity index (χ3n) is 5.74. The van der Waals surface area contributed by atoms with Crippen LogP contribution in [0.5, 0.6) is 0 Å². The van der Waals surface area contributed by atoms with Crippen LogP contribution in [-0.2, 0) is 17.8 Å². The number of pyridine rings is 1. The van der Waals surface area contributed by atoms with Crippen LogP contribution >= 0.6 is 11.3 Å². The number of hydrogen-bond donors (Lipinski definition) is 0. The second-order valence-corrected chi connectivity index (χ2v) is 8.54. The predicted octanol–water partition coefficient (Wildman–Crippen LogP) is 3.16. The van der Waals surface area contributed by atoms with Gasteiger partial charge in [0.1, 0.15) is 5.01 Å². The maximum atomic E-state index is 12.9. The molecule has 0 radical (unpaired) electrons. The number of piperidine rings is 1. The zero-order chi connectivity index (χ0) is 19.1. The molecule has 0 spiro atoms. The number of nitrogens with zero attached hydrogens (tertiary/aromatic N) is 3. The molecule has 6 heteroatoms. The molecule has 0 N–H and O–H groups in total. The number of carbonyl (C=O) groups is 1. The predicted molar refractivity (Wildman–Crippen MR) is 109 cm³/mol. The maximum absolute atomic E-state index is 12.9. The third-order valence-corrected chi connectivity index (χ3v) is 6.68. The van der Waals surface area contributed by atoms with Gasteiger partial charge in [-0.3, -0.25) is 9.59 Å². The molecule has 2 atom stereocenters. The topological polar surface area (TPSA) is 55.2 Å². The van der Waals surface area contributed by atoms with E-state index in [1.165, 1.54) is 0 Å². The van der Waals surface area contributed by atoms with Crippen molar-refractivity contribution < 1.29 is 4.79 Å². The highest BCUT2D eigenvalue weighted by molar-refractivity contribution is 7.13. The van der Waals surface area contributed by atoms with Crippen molar-refractivity contribution >= 4 is 17.2 Å². The Morgan fingerprint density at radius 2 is 1.93 bits per heavy atom. The van der Waals surface area contributed by atoms with Gasteiger partial charge >= 0.3 is 0 Å². The quantitative estimate of drug-likeness (QED) is 0.689. The number of thiazole rings is 1. The standard InChI is InChI=1S/C22H21N3O2S/c26-20-8-4-7-19-17-9-15(12-25(19)20)11-24(13-17)21(27)10-18-14-28-22(23-18)16-5-2-1-3-6-16/h1-8,14-15,17H,9-13H2/t15-,17+/m0/s1. The molecular formula is C22H21N3O2S. The van der Waals surface area contributed by atoms with Gasteiger partial charge in [0.15, 0.2) is 0 Å². The molecule has 5 rings (SSSR count). The molecule has 2 aliphatic heterocycles. The van der Waals surface area contributed by atoms with E-state index < -0.39 is 0 Å². The summed E-state index contributed by atoms with van der Waals surface area (Å²) in [7, 11) is 0. The fourth-order valence-corrected chi connectivity index (χ4v) is 5.29. The molecule has 0 saturated carbocycles. The lowest BCUT2D eigenvalue weighted by atomic mass is 9.83. The first kappa shape index (κ1) is 17.4. The van der Waals surface area contributed by atoms with Gasteiger partial charge in [0.25, 0.3) is 5.56 Å². The first-order chi connectivity index (χ1) is 13.7. The Bertz CT molecular complexity index is 1070. The minimum atomic E-state index is 0.0721. The summed E-state index contributed by atoms with van der Waals surface area (Å²) in [5.74, 6) is 0.734. The van der Waals surface area contributed by atoms with E-state index in [9.17, 15) is 9.59 Å². The second-order valence-electron chi connectivity index (χ2n) is 7.68. The van der Waals surface area contributed by atoms with Crippen LogP contribution in [0.1, 0.15) is 23.7 Å². The maximum Gasteiger partial charge on any atom is 0.250 e. The number of carbonyl (C=O) groups excluding carboxylic acids is 1. The number of likely N-dealkylation sites (tertiary alicyclic amines) is 1. The molecule has 3 aromatic rings. The molecular weight excluding hydrogens is 370 g/mol. The summed E-state index contributed by atoms with van der Waals surface area (Å²) in [6.07, 6.45) is 1.40. The first-order valence-corrected chi connectivity index (χ1v) is 10.5. The van der Waals surface area contributed by atoms with Gasteiger partial charge in [-0.15, -0.1) is 11.3 Å². The smallest absolute Gasteiger partial charge is 0.250 e. The van der Waals surface area contributed by atoms with Crippen LogP contribution in [0.4, 0.5) is 0 Å². The highest BCUT2D eigenvalue weighted by atomic mass is 32.1. The van der Waals surface area contributed by atoms with Crippen molar-refractivity contribution in [2.24, 2.45) is 5.92 Å². The fourth-order valence-electron chi connectivity index (χ4n) is 4.47. The Hall–Kier alpha value is -2.73. The Morgan fingerprint density at radius 3 is 2.79 bits per heavy atom. The molecule has 2 aliphatic rings. The molecule has 142 valence electrons. The van der Waals surface area contributed by atoms with E-state index in [-0.39, 0.29) is 17.4 Å². The average Bonchev–Trinajstić information content (AvgIpc) is 3.18.